The van der Waals surface area contributed by atoms with Gasteiger partial charge in [0.05, 0.1) is 25.3 Å². The van der Waals surface area contributed by atoms with Crippen LogP contribution < -0.4 is 4.74 Å². The minimum Gasteiger partial charge on any atom is -0.495 e. The maximum atomic E-state index is 12.5. The number of ether oxygens (including phenoxy) is 1. The normalized spacial score (nSPS) is 10.1. The number of nitrogens with zero attached hydrogens (tertiary/aromatic N) is 2. The van der Waals surface area contributed by atoms with Gasteiger partial charge >= 0.3 is 0 Å². The minimum absolute atomic E-state index is 0.0623. The number of alkyl halides is 2. The molecule has 0 bridgehead atoms. The molecule has 0 amide bonds. The lowest BCUT2D eigenvalue weighted by atomic mass is 10.2. The third kappa shape index (κ3) is 2.54. The maximum Gasteiger partial charge on any atom is 0.281 e. The average Bonchev–Trinajstić information content (AvgIpc) is 2.20. The van der Waals surface area contributed by atoms with Gasteiger partial charge in [-0.25, -0.2) is 13.8 Å². The number of halogens is 3. The van der Waals surface area contributed by atoms with Crippen molar-refractivity contribution in [1.29, 1.82) is 5.26 Å². The van der Waals surface area contributed by atoms with Crippen LogP contribution in [0.2, 0.25) is 5.02 Å². The van der Waals surface area contributed by atoms with E-state index in [1.54, 1.807) is 0 Å². The SMILES string of the molecule is COc1cc(CC#N)nc(C(F)F)c1Cl. The van der Waals surface area contributed by atoms with Gasteiger partial charge in [-0.05, 0) is 0 Å². The fourth-order valence-corrected chi connectivity index (χ4v) is 1.30. The molecule has 0 N–H and O–H groups in total. The predicted molar refractivity (Wildman–Crippen MR) is 50.1 cm³/mol. The molecule has 80 valence electrons. The van der Waals surface area contributed by atoms with Crippen molar-refractivity contribution in [3.63, 3.8) is 0 Å². The fraction of sp³-hybridized carbons (Fsp3) is 0.333. The Morgan fingerprint density at radius 3 is 2.80 bits per heavy atom. The standard InChI is InChI=1S/C9H7ClF2N2O/c1-15-6-4-5(2-3-13)14-8(7(6)10)9(11)12/h4,9H,2H2,1H3. The lowest BCUT2D eigenvalue weighted by molar-refractivity contribution is 0.145. The van der Waals surface area contributed by atoms with Crippen LogP contribution in [-0.2, 0) is 6.42 Å². The van der Waals surface area contributed by atoms with Gasteiger partial charge in [-0.2, -0.15) is 5.26 Å². The van der Waals surface area contributed by atoms with Gasteiger partial charge in [0, 0.05) is 6.07 Å². The summed E-state index contributed by atoms with van der Waals surface area (Å²) in [4.78, 5) is 3.59. The molecule has 1 heterocycles. The molecule has 0 aliphatic rings. The van der Waals surface area contributed by atoms with E-state index in [-0.39, 0.29) is 22.9 Å². The largest absolute Gasteiger partial charge is 0.495 e. The highest BCUT2D eigenvalue weighted by molar-refractivity contribution is 6.32. The second kappa shape index (κ2) is 4.89. The van der Waals surface area contributed by atoms with E-state index >= 15 is 0 Å². The van der Waals surface area contributed by atoms with Crippen LogP contribution in [0, 0.1) is 11.3 Å². The summed E-state index contributed by atoms with van der Waals surface area (Å²) >= 11 is 5.63. The smallest absolute Gasteiger partial charge is 0.281 e. The number of rotatable bonds is 3. The van der Waals surface area contributed by atoms with Gasteiger partial charge in [0.25, 0.3) is 6.43 Å². The number of nitriles is 1. The van der Waals surface area contributed by atoms with Gasteiger partial charge in [0.2, 0.25) is 0 Å². The highest BCUT2D eigenvalue weighted by Crippen LogP contribution is 2.33. The molecule has 0 fully saturated rings. The molecule has 0 aliphatic carbocycles. The van der Waals surface area contributed by atoms with Crippen LogP contribution in [0.1, 0.15) is 17.8 Å². The van der Waals surface area contributed by atoms with Crippen molar-refractivity contribution in [3.05, 3.63) is 22.5 Å². The summed E-state index contributed by atoms with van der Waals surface area (Å²) in [5.74, 6) is 0.104. The molecule has 6 heteroatoms. The molecule has 1 aromatic rings. The summed E-state index contributed by atoms with van der Waals surface area (Å²) in [5, 5.41) is 8.22. The summed E-state index contributed by atoms with van der Waals surface area (Å²) in [5.41, 5.74) is -0.338. The van der Waals surface area contributed by atoms with Crippen molar-refractivity contribution in [2.24, 2.45) is 0 Å². The Hall–Kier alpha value is -1.41. The molecule has 1 rings (SSSR count). The molecule has 0 aromatic carbocycles. The summed E-state index contributed by atoms with van der Waals surface area (Å²) in [6.45, 7) is 0. The van der Waals surface area contributed by atoms with E-state index in [1.807, 2.05) is 6.07 Å². The number of hydrogen-bond acceptors (Lipinski definition) is 3. The van der Waals surface area contributed by atoms with E-state index in [9.17, 15) is 8.78 Å². The monoisotopic (exact) mass is 232 g/mol. The summed E-state index contributed by atoms with van der Waals surface area (Å²) in [6, 6.07) is 3.19. The number of aromatic nitrogens is 1. The molecule has 0 unspecified atom stereocenters. The highest BCUT2D eigenvalue weighted by atomic mass is 35.5. The first-order valence-corrected chi connectivity index (χ1v) is 4.36. The topological polar surface area (TPSA) is 45.9 Å². The molecule has 1 aromatic heterocycles. The lowest BCUT2D eigenvalue weighted by Gasteiger charge is -2.09. The summed E-state index contributed by atoms with van der Waals surface area (Å²) in [7, 11) is 1.31. The van der Waals surface area contributed by atoms with Crippen molar-refractivity contribution >= 4 is 11.6 Å². The summed E-state index contributed by atoms with van der Waals surface area (Å²) in [6.07, 6.45) is -2.85. The maximum absolute atomic E-state index is 12.5. The zero-order valence-corrected chi connectivity index (χ0v) is 8.55. The molecule has 0 atom stereocenters. The van der Waals surface area contributed by atoms with E-state index in [0.29, 0.717) is 0 Å². The van der Waals surface area contributed by atoms with Crippen LogP contribution in [0.3, 0.4) is 0 Å². The Bertz CT molecular complexity index is 404. The van der Waals surface area contributed by atoms with Crippen LogP contribution in [-0.4, -0.2) is 12.1 Å². The van der Waals surface area contributed by atoms with E-state index in [4.69, 9.17) is 21.6 Å². The molecule has 0 aliphatic heterocycles. The fourth-order valence-electron chi connectivity index (χ4n) is 1.04. The van der Waals surface area contributed by atoms with Crippen molar-refractivity contribution < 1.29 is 13.5 Å². The quantitative estimate of drug-likeness (QED) is 0.805. The predicted octanol–water partition coefficient (Wildman–Crippen LogP) is 2.75. The van der Waals surface area contributed by atoms with Crippen LogP contribution in [0.25, 0.3) is 0 Å². The van der Waals surface area contributed by atoms with Crippen LogP contribution >= 0.6 is 11.6 Å². The van der Waals surface area contributed by atoms with Crippen LogP contribution in [0.5, 0.6) is 5.75 Å². The summed E-state index contributed by atoms with van der Waals surface area (Å²) < 4.78 is 29.8. The molecule has 0 spiro atoms. The molecule has 0 radical (unpaired) electrons. The molecule has 15 heavy (non-hydrogen) atoms. The van der Waals surface area contributed by atoms with Crippen molar-refractivity contribution in [2.75, 3.05) is 7.11 Å². The number of methoxy groups -OCH3 is 1. The molecular formula is C9H7ClF2N2O. The van der Waals surface area contributed by atoms with Gasteiger partial charge in [-0.3, -0.25) is 0 Å². The van der Waals surface area contributed by atoms with Gasteiger partial charge in [-0.1, -0.05) is 11.6 Å². The first kappa shape index (κ1) is 11.7. The number of hydrogen-bond donors (Lipinski definition) is 0. The Balaban J connectivity index is 3.26. The second-order valence-corrected chi connectivity index (χ2v) is 3.03. The minimum atomic E-state index is -2.79. The zero-order chi connectivity index (χ0) is 11.4. The number of pyridine rings is 1. The zero-order valence-electron chi connectivity index (χ0n) is 7.80. The van der Waals surface area contributed by atoms with Gasteiger partial charge in [0.1, 0.15) is 16.5 Å². The van der Waals surface area contributed by atoms with Gasteiger partial charge < -0.3 is 4.74 Å². The first-order chi connectivity index (χ1) is 7.10. The molecular weight excluding hydrogens is 226 g/mol. The Labute approximate surface area is 90.3 Å². The molecule has 0 saturated carbocycles. The average molecular weight is 233 g/mol. The van der Waals surface area contributed by atoms with Crippen LogP contribution in [0.15, 0.2) is 6.07 Å². The van der Waals surface area contributed by atoms with Crippen LogP contribution in [0.4, 0.5) is 8.78 Å². The van der Waals surface area contributed by atoms with E-state index in [1.165, 1.54) is 13.2 Å². The Kier molecular flexibility index (Phi) is 3.81. The lowest BCUT2D eigenvalue weighted by Crippen LogP contribution is -1.99. The van der Waals surface area contributed by atoms with E-state index in [2.05, 4.69) is 4.98 Å². The first-order valence-electron chi connectivity index (χ1n) is 3.98. The van der Waals surface area contributed by atoms with Crippen molar-refractivity contribution in [2.45, 2.75) is 12.8 Å². The Morgan fingerprint density at radius 1 is 1.67 bits per heavy atom. The highest BCUT2D eigenvalue weighted by Gasteiger charge is 2.19. The van der Waals surface area contributed by atoms with Gasteiger partial charge in [-0.15, -0.1) is 0 Å². The molecule has 3 nitrogen and oxygen atoms in total. The van der Waals surface area contributed by atoms with E-state index < -0.39 is 12.1 Å². The molecule has 0 saturated heterocycles. The Morgan fingerprint density at radius 2 is 2.33 bits per heavy atom. The van der Waals surface area contributed by atoms with Crippen molar-refractivity contribution in [3.8, 4) is 11.8 Å². The van der Waals surface area contributed by atoms with Crippen molar-refractivity contribution in [1.82, 2.24) is 4.98 Å². The third-order valence-corrected chi connectivity index (χ3v) is 2.07. The van der Waals surface area contributed by atoms with Gasteiger partial charge in [0.15, 0.2) is 0 Å². The third-order valence-electron chi connectivity index (χ3n) is 1.69. The second-order valence-electron chi connectivity index (χ2n) is 2.65. The van der Waals surface area contributed by atoms with E-state index in [0.717, 1.165) is 0 Å².